The molecule has 0 radical (unpaired) electrons. The van der Waals surface area contributed by atoms with Gasteiger partial charge in [-0.1, -0.05) is 11.6 Å². The van der Waals surface area contributed by atoms with E-state index in [0.717, 1.165) is 38.2 Å². The van der Waals surface area contributed by atoms with Crippen molar-refractivity contribution in [3.8, 4) is 0 Å². The Morgan fingerprint density at radius 2 is 2.00 bits per heavy atom. The molecular weight excluding hydrogens is 301 g/mol. The van der Waals surface area contributed by atoms with Gasteiger partial charge in [-0.3, -0.25) is 0 Å². The van der Waals surface area contributed by atoms with Gasteiger partial charge >= 0.3 is 6.18 Å². The van der Waals surface area contributed by atoms with Gasteiger partial charge in [-0.15, -0.1) is 0 Å². The zero-order chi connectivity index (χ0) is 15.0. The molecule has 0 amide bonds. The molecule has 1 saturated heterocycles. The van der Waals surface area contributed by atoms with Crippen LogP contribution in [0, 0.1) is 5.92 Å². The topological polar surface area (TPSA) is 15.3 Å². The number of benzene rings is 1. The highest BCUT2D eigenvalue weighted by Crippen LogP contribution is 2.37. The van der Waals surface area contributed by atoms with Gasteiger partial charge in [-0.25, -0.2) is 0 Å². The Labute approximate surface area is 127 Å². The van der Waals surface area contributed by atoms with E-state index in [1.165, 1.54) is 18.9 Å². The zero-order valence-electron chi connectivity index (χ0n) is 11.6. The molecule has 1 unspecified atom stereocenters. The fraction of sp³-hybridized carbons (Fsp3) is 0.600. The summed E-state index contributed by atoms with van der Waals surface area (Å²) in [6.07, 6.45) is -0.891. The second kappa shape index (κ2) is 5.69. The molecule has 1 aromatic rings. The Hall–Kier alpha value is -0.940. The minimum absolute atomic E-state index is 0.182. The molecule has 2 aliphatic rings. The molecule has 6 heteroatoms. The molecule has 2 nitrogen and oxygen atoms in total. The van der Waals surface area contributed by atoms with Crippen molar-refractivity contribution in [2.24, 2.45) is 5.92 Å². The molecule has 0 aromatic heterocycles. The number of alkyl halides is 3. The number of anilines is 1. The summed E-state index contributed by atoms with van der Waals surface area (Å²) >= 11 is 6.10. The fourth-order valence-electron chi connectivity index (χ4n) is 2.92. The molecule has 1 saturated carbocycles. The lowest BCUT2D eigenvalue weighted by molar-refractivity contribution is -0.137. The molecule has 1 N–H and O–H groups in total. The van der Waals surface area contributed by atoms with Crippen molar-refractivity contribution >= 4 is 17.3 Å². The monoisotopic (exact) mass is 318 g/mol. The molecule has 1 aliphatic heterocycles. The van der Waals surface area contributed by atoms with Crippen LogP contribution in [-0.4, -0.2) is 25.7 Å². The average Bonchev–Trinajstić information content (AvgIpc) is 3.24. The van der Waals surface area contributed by atoms with Gasteiger partial charge in [0.25, 0.3) is 0 Å². The number of nitrogens with one attached hydrogen (secondary N) is 1. The maximum atomic E-state index is 12.7. The van der Waals surface area contributed by atoms with E-state index in [1.807, 2.05) is 0 Å². The van der Waals surface area contributed by atoms with Crippen molar-refractivity contribution in [1.29, 1.82) is 0 Å². The van der Waals surface area contributed by atoms with Crippen LogP contribution in [0.15, 0.2) is 18.2 Å². The molecule has 1 atom stereocenters. The van der Waals surface area contributed by atoms with Gasteiger partial charge in [0.05, 0.1) is 16.3 Å². The summed E-state index contributed by atoms with van der Waals surface area (Å²) in [5, 5.41) is 3.72. The number of hydrogen-bond acceptors (Lipinski definition) is 2. The second-order valence-electron chi connectivity index (χ2n) is 5.86. The first-order chi connectivity index (χ1) is 9.95. The van der Waals surface area contributed by atoms with Crippen LogP contribution in [0.1, 0.15) is 24.8 Å². The molecule has 3 rings (SSSR count). The minimum atomic E-state index is -4.35. The number of halogens is 4. The summed E-state index contributed by atoms with van der Waals surface area (Å²) < 4.78 is 38.1. The summed E-state index contributed by atoms with van der Waals surface area (Å²) in [4.78, 5) is 2.12. The Bertz CT molecular complexity index is 514. The Morgan fingerprint density at radius 1 is 1.24 bits per heavy atom. The highest BCUT2D eigenvalue weighted by Gasteiger charge is 2.34. The minimum Gasteiger partial charge on any atom is -0.369 e. The predicted octanol–water partition coefficient (Wildman–Crippen LogP) is 3.94. The van der Waals surface area contributed by atoms with Crippen LogP contribution in [0.25, 0.3) is 0 Å². The smallest absolute Gasteiger partial charge is 0.369 e. The zero-order valence-corrected chi connectivity index (χ0v) is 12.3. The third kappa shape index (κ3) is 3.46. The van der Waals surface area contributed by atoms with Crippen LogP contribution in [0.3, 0.4) is 0 Å². The van der Waals surface area contributed by atoms with Crippen LogP contribution in [0.4, 0.5) is 18.9 Å². The van der Waals surface area contributed by atoms with Gasteiger partial charge in [0.15, 0.2) is 0 Å². The summed E-state index contributed by atoms with van der Waals surface area (Å²) in [6, 6.07) is 4.07. The van der Waals surface area contributed by atoms with Crippen molar-refractivity contribution in [2.45, 2.75) is 31.5 Å². The third-order valence-electron chi connectivity index (χ3n) is 4.24. The van der Waals surface area contributed by atoms with Gasteiger partial charge in [-0.2, -0.15) is 13.2 Å². The number of hydrogen-bond donors (Lipinski definition) is 1. The third-order valence-corrected chi connectivity index (χ3v) is 4.54. The van der Waals surface area contributed by atoms with Crippen LogP contribution in [0.2, 0.25) is 5.02 Å². The van der Waals surface area contributed by atoms with Crippen LogP contribution >= 0.6 is 11.6 Å². The molecule has 0 spiro atoms. The van der Waals surface area contributed by atoms with E-state index in [9.17, 15) is 13.2 Å². The lowest BCUT2D eigenvalue weighted by Crippen LogP contribution is -2.39. The van der Waals surface area contributed by atoms with E-state index in [4.69, 9.17) is 11.6 Å². The summed E-state index contributed by atoms with van der Waals surface area (Å²) in [6.45, 7) is 2.59. The molecule has 1 heterocycles. The first kappa shape index (κ1) is 15.0. The highest BCUT2D eigenvalue weighted by molar-refractivity contribution is 6.33. The van der Waals surface area contributed by atoms with Crippen LogP contribution < -0.4 is 10.2 Å². The van der Waals surface area contributed by atoms with Crippen molar-refractivity contribution in [3.63, 3.8) is 0 Å². The van der Waals surface area contributed by atoms with Gasteiger partial charge in [0.1, 0.15) is 0 Å². The molecule has 21 heavy (non-hydrogen) atoms. The summed E-state index contributed by atoms with van der Waals surface area (Å²) in [7, 11) is 0. The van der Waals surface area contributed by atoms with E-state index in [1.54, 1.807) is 0 Å². The maximum absolute atomic E-state index is 12.7. The maximum Gasteiger partial charge on any atom is 0.416 e. The molecule has 1 aromatic carbocycles. The quantitative estimate of drug-likeness (QED) is 0.888. The predicted molar refractivity (Wildman–Crippen MR) is 77.8 cm³/mol. The molecule has 2 fully saturated rings. The van der Waals surface area contributed by atoms with Crippen molar-refractivity contribution in [1.82, 2.24) is 5.32 Å². The largest absolute Gasteiger partial charge is 0.416 e. The highest BCUT2D eigenvalue weighted by atomic mass is 35.5. The lowest BCUT2D eigenvalue weighted by atomic mass is 10.1. The first-order valence-corrected chi connectivity index (χ1v) is 7.68. The summed E-state index contributed by atoms with van der Waals surface area (Å²) in [5.74, 6) is 0.707. The number of nitrogens with zero attached hydrogens (tertiary/aromatic N) is 1. The van der Waals surface area contributed by atoms with Gasteiger partial charge in [-0.05, 0) is 49.9 Å². The molecule has 0 bridgehead atoms. The van der Waals surface area contributed by atoms with E-state index in [0.29, 0.717) is 17.6 Å². The Balaban J connectivity index is 1.81. The number of rotatable bonds is 2. The SMILES string of the molecule is FC(F)(F)c1ccc(N2CCCNC(C3CC3)C2)c(Cl)c1. The average molecular weight is 319 g/mol. The molecule has 116 valence electrons. The van der Waals surface area contributed by atoms with Gasteiger partial charge in [0, 0.05) is 19.1 Å². The standard InChI is InChI=1S/C15H18ClF3N2/c16-12-8-11(15(17,18)19)4-5-14(12)21-7-1-6-20-13(9-21)10-2-3-10/h4-5,8,10,13,20H,1-3,6-7,9H2. The Kier molecular flexibility index (Phi) is 4.06. The van der Waals surface area contributed by atoms with E-state index < -0.39 is 11.7 Å². The van der Waals surface area contributed by atoms with Crippen molar-refractivity contribution in [3.05, 3.63) is 28.8 Å². The van der Waals surface area contributed by atoms with Crippen LogP contribution in [0.5, 0.6) is 0 Å². The lowest BCUT2D eigenvalue weighted by Gasteiger charge is -2.27. The van der Waals surface area contributed by atoms with E-state index >= 15 is 0 Å². The molecular formula is C15H18ClF3N2. The first-order valence-electron chi connectivity index (χ1n) is 7.30. The van der Waals surface area contributed by atoms with Crippen LogP contribution in [-0.2, 0) is 6.18 Å². The summed E-state index contributed by atoms with van der Waals surface area (Å²) in [5.41, 5.74) is 0.0157. The van der Waals surface area contributed by atoms with E-state index in [2.05, 4.69) is 10.2 Å². The van der Waals surface area contributed by atoms with Crippen molar-refractivity contribution < 1.29 is 13.2 Å². The van der Waals surface area contributed by atoms with E-state index in [-0.39, 0.29) is 5.02 Å². The molecule has 1 aliphatic carbocycles. The Morgan fingerprint density at radius 3 is 2.62 bits per heavy atom. The second-order valence-corrected chi connectivity index (χ2v) is 6.27. The van der Waals surface area contributed by atoms with Gasteiger partial charge < -0.3 is 10.2 Å². The van der Waals surface area contributed by atoms with Crippen molar-refractivity contribution in [2.75, 3.05) is 24.5 Å². The van der Waals surface area contributed by atoms with Gasteiger partial charge in [0.2, 0.25) is 0 Å². The fourth-order valence-corrected chi connectivity index (χ4v) is 3.22. The normalized spacial score (nSPS) is 24.0.